The van der Waals surface area contributed by atoms with E-state index < -0.39 is 0 Å². The third-order valence-electron chi connectivity index (χ3n) is 3.54. The summed E-state index contributed by atoms with van der Waals surface area (Å²) in [5.74, 6) is 2.08. The highest BCUT2D eigenvalue weighted by atomic mass is 16.5. The normalized spacial score (nSPS) is 10.6. The number of nitrogens with one attached hydrogen (secondary N) is 2. The molecule has 0 spiro atoms. The molecule has 3 aromatic rings. The van der Waals surface area contributed by atoms with E-state index in [1.54, 1.807) is 6.20 Å². The van der Waals surface area contributed by atoms with Crippen molar-refractivity contribution in [2.24, 2.45) is 0 Å². The Bertz CT molecular complexity index is 852. The van der Waals surface area contributed by atoms with Crippen LogP contribution >= 0.6 is 0 Å². The Morgan fingerprint density at radius 2 is 1.92 bits per heavy atom. The molecule has 0 radical (unpaired) electrons. The van der Waals surface area contributed by atoms with Gasteiger partial charge in [-0.15, -0.1) is 0 Å². The van der Waals surface area contributed by atoms with E-state index in [1.165, 1.54) is 0 Å². The Labute approximate surface area is 153 Å². The number of rotatable bonds is 7. The van der Waals surface area contributed by atoms with E-state index in [2.05, 4.69) is 25.6 Å². The molecule has 2 N–H and O–H groups in total. The van der Waals surface area contributed by atoms with Crippen LogP contribution in [0.4, 0.5) is 17.5 Å². The highest BCUT2D eigenvalue weighted by molar-refractivity contribution is 5.64. The molecular formula is C20H23N5O. The average Bonchev–Trinajstić information content (AvgIpc) is 2.62. The molecule has 6 heteroatoms. The van der Waals surface area contributed by atoms with Gasteiger partial charge in [0.1, 0.15) is 11.6 Å². The zero-order chi connectivity index (χ0) is 18.4. The van der Waals surface area contributed by atoms with Crippen LogP contribution in [-0.4, -0.2) is 21.1 Å². The maximum absolute atomic E-state index is 5.85. The Morgan fingerprint density at radius 3 is 2.69 bits per heavy atom. The van der Waals surface area contributed by atoms with E-state index in [0.29, 0.717) is 18.3 Å². The zero-order valence-electron chi connectivity index (χ0n) is 15.2. The molecule has 2 heterocycles. The smallest absolute Gasteiger partial charge is 0.225 e. The van der Waals surface area contributed by atoms with Crippen LogP contribution < -0.4 is 15.4 Å². The fourth-order valence-corrected chi connectivity index (χ4v) is 2.46. The number of hydrogen-bond acceptors (Lipinski definition) is 6. The minimum absolute atomic E-state index is 0.0989. The first-order chi connectivity index (χ1) is 12.6. The summed E-state index contributed by atoms with van der Waals surface area (Å²) in [7, 11) is 0. The van der Waals surface area contributed by atoms with Crippen molar-refractivity contribution in [2.45, 2.75) is 33.4 Å². The van der Waals surface area contributed by atoms with E-state index in [9.17, 15) is 0 Å². The second kappa shape index (κ2) is 8.29. The fourth-order valence-electron chi connectivity index (χ4n) is 2.46. The van der Waals surface area contributed by atoms with Gasteiger partial charge in [0, 0.05) is 30.7 Å². The number of ether oxygens (including phenoxy) is 1. The van der Waals surface area contributed by atoms with Crippen LogP contribution in [0.1, 0.15) is 25.1 Å². The lowest BCUT2D eigenvalue weighted by Crippen LogP contribution is -2.09. The number of benzene rings is 1. The summed E-state index contributed by atoms with van der Waals surface area (Å²) >= 11 is 0. The third-order valence-corrected chi connectivity index (χ3v) is 3.54. The summed E-state index contributed by atoms with van der Waals surface area (Å²) in [6.07, 6.45) is 3.68. The molecule has 6 nitrogen and oxygen atoms in total. The van der Waals surface area contributed by atoms with Crippen LogP contribution in [0, 0.1) is 6.92 Å². The van der Waals surface area contributed by atoms with Gasteiger partial charge in [-0.1, -0.05) is 18.2 Å². The summed E-state index contributed by atoms with van der Waals surface area (Å²) in [5.41, 5.74) is 2.82. The molecule has 1 aromatic carbocycles. The van der Waals surface area contributed by atoms with Gasteiger partial charge in [0.15, 0.2) is 0 Å². The summed E-state index contributed by atoms with van der Waals surface area (Å²) in [4.78, 5) is 13.1. The molecule has 0 amide bonds. The quantitative estimate of drug-likeness (QED) is 0.662. The molecule has 3 rings (SSSR count). The van der Waals surface area contributed by atoms with E-state index in [-0.39, 0.29) is 6.10 Å². The van der Waals surface area contributed by atoms with E-state index in [0.717, 1.165) is 22.7 Å². The maximum atomic E-state index is 5.85. The Hall–Kier alpha value is -3.15. The maximum Gasteiger partial charge on any atom is 0.225 e. The van der Waals surface area contributed by atoms with Gasteiger partial charge in [0.2, 0.25) is 5.95 Å². The first-order valence-corrected chi connectivity index (χ1v) is 8.61. The monoisotopic (exact) mass is 349 g/mol. The highest BCUT2D eigenvalue weighted by Gasteiger charge is 2.08. The number of pyridine rings is 1. The topological polar surface area (TPSA) is 72.0 Å². The largest absolute Gasteiger partial charge is 0.489 e. The molecule has 0 bridgehead atoms. The van der Waals surface area contributed by atoms with Crippen molar-refractivity contribution < 1.29 is 4.74 Å². The van der Waals surface area contributed by atoms with Gasteiger partial charge in [0.05, 0.1) is 11.8 Å². The van der Waals surface area contributed by atoms with Crippen LogP contribution in [0.2, 0.25) is 0 Å². The third kappa shape index (κ3) is 4.92. The minimum Gasteiger partial charge on any atom is -0.489 e. The number of nitrogens with zero attached hydrogens (tertiary/aromatic N) is 3. The van der Waals surface area contributed by atoms with Gasteiger partial charge in [-0.25, -0.2) is 4.98 Å². The van der Waals surface area contributed by atoms with Gasteiger partial charge in [-0.2, -0.15) is 4.98 Å². The van der Waals surface area contributed by atoms with E-state index >= 15 is 0 Å². The Kier molecular flexibility index (Phi) is 5.63. The van der Waals surface area contributed by atoms with Crippen LogP contribution in [0.15, 0.2) is 54.9 Å². The lowest BCUT2D eigenvalue weighted by Gasteiger charge is -2.15. The highest BCUT2D eigenvalue weighted by Crippen LogP contribution is 2.28. The lowest BCUT2D eigenvalue weighted by molar-refractivity contribution is 0.244. The predicted molar refractivity (Wildman–Crippen MR) is 104 cm³/mol. The molecule has 0 saturated carbocycles. The van der Waals surface area contributed by atoms with Crippen molar-refractivity contribution in [1.82, 2.24) is 15.0 Å². The van der Waals surface area contributed by atoms with Crippen molar-refractivity contribution in [2.75, 3.05) is 10.6 Å². The number of aryl methyl sites for hydroxylation is 1. The molecule has 26 heavy (non-hydrogen) atoms. The SMILES string of the molecule is Cc1cc(Nc2ccccc2OC(C)C)nc(NCc2cccnc2)n1. The summed E-state index contributed by atoms with van der Waals surface area (Å²) in [6.45, 7) is 6.57. The molecule has 0 fully saturated rings. The van der Waals surface area contributed by atoms with Gasteiger partial charge in [-0.3, -0.25) is 4.98 Å². The van der Waals surface area contributed by atoms with Gasteiger partial charge < -0.3 is 15.4 Å². The molecule has 0 aliphatic rings. The number of hydrogen-bond donors (Lipinski definition) is 2. The van der Waals surface area contributed by atoms with Crippen molar-refractivity contribution in [3.63, 3.8) is 0 Å². The predicted octanol–water partition coefficient (Wildman–Crippen LogP) is 4.32. The van der Waals surface area contributed by atoms with Crippen molar-refractivity contribution in [3.8, 4) is 5.75 Å². The van der Waals surface area contributed by atoms with E-state index in [1.807, 2.05) is 69.4 Å². The summed E-state index contributed by atoms with van der Waals surface area (Å²) in [6, 6.07) is 13.7. The molecule has 0 aliphatic carbocycles. The zero-order valence-corrected chi connectivity index (χ0v) is 15.2. The van der Waals surface area contributed by atoms with Gasteiger partial charge in [0.25, 0.3) is 0 Å². The first kappa shape index (κ1) is 17.7. The molecule has 2 aromatic heterocycles. The number of anilines is 3. The second-order valence-corrected chi connectivity index (χ2v) is 6.22. The van der Waals surface area contributed by atoms with Gasteiger partial charge in [-0.05, 0) is 44.5 Å². The second-order valence-electron chi connectivity index (χ2n) is 6.22. The van der Waals surface area contributed by atoms with Crippen molar-refractivity contribution in [1.29, 1.82) is 0 Å². The number of para-hydroxylation sites is 2. The molecular weight excluding hydrogens is 326 g/mol. The Balaban J connectivity index is 1.76. The summed E-state index contributed by atoms with van der Waals surface area (Å²) < 4.78 is 5.85. The van der Waals surface area contributed by atoms with E-state index in [4.69, 9.17) is 4.74 Å². The molecule has 0 unspecified atom stereocenters. The van der Waals surface area contributed by atoms with Crippen LogP contribution in [0.3, 0.4) is 0 Å². The Morgan fingerprint density at radius 1 is 1.08 bits per heavy atom. The van der Waals surface area contributed by atoms with Crippen LogP contribution in [0.25, 0.3) is 0 Å². The molecule has 0 saturated heterocycles. The standard InChI is InChI=1S/C20H23N5O/c1-14(2)26-18-9-5-4-8-17(18)24-19-11-15(3)23-20(25-19)22-13-16-7-6-10-21-12-16/h4-12,14H,13H2,1-3H3,(H2,22,23,24,25). The van der Waals surface area contributed by atoms with Crippen LogP contribution in [-0.2, 0) is 6.54 Å². The van der Waals surface area contributed by atoms with Crippen molar-refractivity contribution >= 4 is 17.5 Å². The average molecular weight is 349 g/mol. The lowest BCUT2D eigenvalue weighted by atomic mass is 10.3. The number of aromatic nitrogens is 3. The molecule has 0 atom stereocenters. The fraction of sp³-hybridized carbons (Fsp3) is 0.250. The van der Waals surface area contributed by atoms with Crippen molar-refractivity contribution in [3.05, 3.63) is 66.1 Å². The van der Waals surface area contributed by atoms with Crippen LogP contribution in [0.5, 0.6) is 5.75 Å². The summed E-state index contributed by atoms with van der Waals surface area (Å²) in [5, 5.41) is 6.57. The molecule has 0 aliphatic heterocycles. The van der Waals surface area contributed by atoms with Gasteiger partial charge >= 0.3 is 0 Å². The minimum atomic E-state index is 0.0989. The first-order valence-electron chi connectivity index (χ1n) is 8.61. The molecule has 134 valence electrons.